The molecule has 0 radical (unpaired) electrons. The molecule has 2 N–H and O–H groups in total. The number of aromatic nitrogens is 2. The van der Waals surface area contributed by atoms with Gasteiger partial charge >= 0.3 is 7.12 Å². The van der Waals surface area contributed by atoms with Crippen LogP contribution in [0.1, 0.15) is 0 Å². The molecule has 0 bridgehead atoms. The number of rotatable bonds is 1. The van der Waals surface area contributed by atoms with Crippen LogP contribution in [0.4, 0.5) is 0 Å². The summed E-state index contributed by atoms with van der Waals surface area (Å²) in [6.45, 7) is 0. The van der Waals surface area contributed by atoms with Crippen molar-refractivity contribution in [1.82, 2.24) is 9.78 Å². The fourth-order valence-corrected chi connectivity index (χ4v) is 0.803. The van der Waals surface area contributed by atoms with Crippen molar-refractivity contribution in [3.05, 3.63) is 11.3 Å². The van der Waals surface area contributed by atoms with Crippen LogP contribution in [0.25, 0.3) is 0 Å². The van der Waals surface area contributed by atoms with E-state index in [-0.39, 0.29) is 10.6 Å². The fraction of sp³-hybridized carbons (Fsp3) is 0.250. The summed E-state index contributed by atoms with van der Waals surface area (Å²) < 4.78 is 1.36. The van der Waals surface area contributed by atoms with Crippen molar-refractivity contribution in [3.8, 4) is 0 Å². The van der Waals surface area contributed by atoms with Gasteiger partial charge in [0.1, 0.15) is 5.15 Å². The van der Waals surface area contributed by atoms with E-state index in [0.717, 1.165) is 0 Å². The van der Waals surface area contributed by atoms with Gasteiger partial charge < -0.3 is 10.0 Å². The van der Waals surface area contributed by atoms with E-state index in [1.165, 1.54) is 10.9 Å². The van der Waals surface area contributed by atoms with Gasteiger partial charge in [-0.05, 0) is 0 Å². The Morgan fingerprint density at radius 1 is 1.70 bits per heavy atom. The van der Waals surface area contributed by atoms with Crippen LogP contribution in [-0.2, 0) is 7.05 Å². The first-order valence-electron chi connectivity index (χ1n) is 2.66. The third-order valence-corrected chi connectivity index (χ3v) is 1.63. The van der Waals surface area contributed by atoms with Crippen LogP contribution in [-0.4, -0.2) is 26.9 Å². The Morgan fingerprint density at radius 2 is 2.30 bits per heavy atom. The summed E-state index contributed by atoms with van der Waals surface area (Å²) in [7, 11) is 0.0787. The van der Waals surface area contributed by atoms with Crippen molar-refractivity contribution in [2.75, 3.05) is 0 Å². The number of hydrogen-bond acceptors (Lipinski definition) is 3. The first-order chi connectivity index (χ1) is 4.63. The molecule has 6 heteroatoms. The smallest absolute Gasteiger partial charge is 0.423 e. The van der Waals surface area contributed by atoms with Crippen molar-refractivity contribution in [1.29, 1.82) is 0 Å². The molecule has 1 rings (SSSR count). The topological polar surface area (TPSA) is 58.3 Å². The van der Waals surface area contributed by atoms with E-state index in [0.29, 0.717) is 0 Å². The molecule has 1 heterocycles. The first-order valence-corrected chi connectivity index (χ1v) is 3.04. The Kier molecular flexibility index (Phi) is 1.98. The second kappa shape index (κ2) is 2.61. The molecule has 54 valence electrons. The van der Waals surface area contributed by atoms with Crippen molar-refractivity contribution < 1.29 is 10.0 Å². The maximum absolute atomic E-state index is 8.64. The van der Waals surface area contributed by atoms with Crippen LogP contribution in [0.2, 0.25) is 5.15 Å². The molecule has 0 unspecified atom stereocenters. The lowest BCUT2D eigenvalue weighted by Gasteiger charge is -1.94. The Balaban J connectivity index is 3.05. The maximum atomic E-state index is 8.64. The van der Waals surface area contributed by atoms with Crippen LogP contribution in [0.3, 0.4) is 0 Å². The molecule has 0 aliphatic rings. The van der Waals surface area contributed by atoms with Gasteiger partial charge in [-0.25, -0.2) is 0 Å². The van der Waals surface area contributed by atoms with Crippen LogP contribution >= 0.6 is 11.6 Å². The lowest BCUT2D eigenvalue weighted by atomic mass is 9.83. The molecule has 0 spiro atoms. The van der Waals surface area contributed by atoms with E-state index >= 15 is 0 Å². The third-order valence-electron chi connectivity index (χ3n) is 1.17. The SMILES string of the molecule is Cn1ncc(B(O)O)c1Cl. The monoisotopic (exact) mass is 160 g/mol. The van der Waals surface area contributed by atoms with Gasteiger partial charge in [0.05, 0.1) is 6.20 Å². The summed E-state index contributed by atoms with van der Waals surface area (Å²) in [5.41, 5.74) is 0.226. The third kappa shape index (κ3) is 1.16. The van der Waals surface area contributed by atoms with Crippen LogP contribution in [0, 0.1) is 0 Å². The molecule has 0 fully saturated rings. The molecule has 0 aliphatic carbocycles. The summed E-state index contributed by atoms with van der Waals surface area (Å²) in [6.07, 6.45) is 1.31. The Hall–Kier alpha value is -0.515. The van der Waals surface area contributed by atoms with E-state index in [4.69, 9.17) is 21.6 Å². The summed E-state index contributed by atoms with van der Waals surface area (Å²) in [5.74, 6) is 0. The minimum absolute atomic E-state index is 0.226. The highest BCUT2D eigenvalue weighted by atomic mass is 35.5. The van der Waals surface area contributed by atoms with E-state index in [9.17, 15) is 0 Å². The number of nitrogens with zero attached hydrogens (tertiary/aromatic N) is 2. The summed E-state index contributed by atoms with van der Waals surface area (Å²) in [6, 6.07) is 0. The van der Waals surface area contributed by atoms with Gasteiger partial charge in [0.15, 0.2) is 0 Å². The Morgan fingerprint density at radius 3 is 2.50 bits per heavy atom. The average molecular weight is 160 g/mol. The standard InChI is InChI=1S/C4H6BClN2O2/c1-8-4(6)3(2-7-8)5(9)10/h2,9-10H,1H3. The summed E-state index contributed by atoms with van der Waals surface area (Å²) in [5, 5.41) is 21.2. The highest BCUT2D eigenvalue weighted by Gasteiger charge is 2.17. The highest BCUT2D eigenvalue weighted by Crippen LogP contribution is 2.01. The molecule has 10 heavy (non-hydrogen) atoms. The summed E-state index contributed by atoms with van der Waals surface area (Å²) in [4.78, 5) is 0. The van der Waals surface area contributed by atoms with Gasteiger partial charge in [-0.3, -0.25) is 4.68 Å². The van der Waals surface area contributed by atoms with Crippen LogP contribution in [0.5, 0.6) is 0 Å². The van der Waals surface area contributed by atoms with E-state index < -0.39 is 7.12 Å². The zero-order chi connectivity index (χ0) is 7.72. The van der Waals surface area contributed by atoms with Gasteiger partial charge in [0.2, 0.25) is 0 Å². The second-order valence-corrected chi connectivity index (χ2v) is 2.25. The molecule has 1 aromatic rings. The maximum Gasteiger partial charge on any atom is 0.493 e. The first kappa shape index (κ1) is 7.59. The lowest BCUT2D eigenvalue weighted by molar-refractivity contribution is 0.426. The molecular formula is C4H6BClN2O2. The molecule has 0 atom stereocenters. The van der Waals surface area contributed by atoms with Crippen molar-refractivity contribution in [2.24, 2.45) is 7.05 Å². The van der Waals surface area contributed by atoms with Gasteiger partial charge in [0, 0.05) is 12.5 Å². The molecule has 4 nitrogen and oxygen atoms in total. The number of halogens is 1. The van der Waals surface area contributed by atoms with E-state index in [1.54, 1.807) is 7.05 Å². The molecule has 1 aromatic heterocycles. The Labute approximate surface area is 63.2 Å². The fourth-order valence-electron chi connectivity index (χ4n) is 0.613. The number of aryl methyl sites for hydroxylation is 1. The second-order valence-electron chi connectivity index (χ2n) is 1.89. The van der Waals surface area contributed by atoms with Crippen LogP contribution in [0.15, 0.2) is 6.20 Å². The minimum atomic E-state index is -1.54. The minimum Gasteiger partial charge on any atom is -0.423 e. The van der Waals surface area contributed by atoms with Crippen LogP contribution < -0.4 is 5.46 Å². The largest absolute Gasteiger partial charge is 0.493 e. The molecule has 0 aromatic carbocycles. The van der Waals surface area contributed by atoms with E-state index in [1.807, 2.05) is 0 Å². The molecule has 0 aliphatic heterocycles. The molecule has 0 amide bonds. The highest BCUT2D eigenvalue weighted by molar-refractivity contribution is 6.62. The van der Waals surface area contributed by atoms with Crippen molar-refractivity contribution in [3.63, 3.8) is 0 Å². The zero-order valence-electron chi connectivity index (χ0n) is 5.32. The Bertz CT molecular complexity index is 237. The van der Waals surface area contributed by atoms with Gasteiger partial charge in [0.25, 0.3) is 0 Å². The quantitative estimate of drug-likeness (QED) is 0.505. The van der Waals surface area contributed by atoms with E-state index in [2.05, 4.69) is 5.10 Å². The van der Waals surface area contributed by atoms with Crippen molar-refractivity contribution >= 4 is 24.2 Å². The average Bonchev–Trinajstić information content (AvgIpc) is 2.14. The predicted octanol–water partition coefficient (Wildman–Crippen LogP) is -1.25. The van der Waals surface area contributed by atoms with Gasteiger partial charge in [-0.15, -0.1) is 0 Å². The van der Waals surface area contributed by atoms with Gasteiger partial charge in [-0.1, -0.05) is 11.6 Å². The zero-order valence-corrected chi connectivity index (χ0v) is 6.08. The molecular weight excluding hydrogens is 154 g/mol. The normalized spacial score (nSPS) is 10.0. The number of hydrogen-bond donors (Lipinski definition) is 2. The molecule has 0 saturated carbocycles. The molecule has 0 saturated heterocycles. The summed E-state index contributed by atoms with van der Waals surface area (Å²) >= 11 is 5.58. The van der Waals surface area contributed by atoms with Crippen molar-refractivity contribution in [2.45, 2.75) is 0 Å². The lowest BCUT2D eigenvalue weighted by Crippen LogP contribution is -2.29. The predicted molar refractivity (Wildman–Crippen MR) is 38.0 cm³/mol. The van der Waals surface area contributed by atoms with Gasteiger partial charge in [-0.2, -0.15) is 5.10 Å².